The monoisotopic (exact) mass is 434 g/mol. The summed E-state index contributed by atoms with van der Waals surface area (Å²) in [6.45, 7) is 2.70. The number of benzene rings is 2. The molecule has 1 aliphatic rings. The van der Waals surface area contributed by atoms with Crippen molar-refractivity contribution in [2.45, 2.75) is 18.2 Å². The van der Waals surface area contributed by atoms with E-state index in [4.69, 9.17) is 4.74 Å². The van der Waals surface area contributed by atoms with Crippen molar-refractivity contribution >= 4 is 21.9 Å². The molecule has 3 rings (SSSR count). The highest BCUT2D eigenvalue weighted by Crippen LogP contribution is 2.22. The van der Waals surface area contributed by atoms with Crippen LogP contribution in [0.5, 0.6) is 0 Å². The lowest BCUT2D eigenvalue weighted by atomic mass is 10.1. The second-order valence-corrected chi connectivity index (χ2v) is 8.96. The van der Waals surface area contributed by atoms with E-state index in [1.165, 1.54) is 53.9 Å². The van der Waals surface area contributed by atoms with Crippen LogP contribution in [0, 0.1) is 12.7 Å². The number of halogens is 1. The number of hydrogen-bond acceptors (Lipinski definition) is 5. The SMILES string of the molecule is COC(=O)c1ccc(S(=O)(=O)N2CCCN(C(=O)c3ccc(F)cc3)CC2)cc1C. The normalized spacial score (nSPS) is 15.5. The van der Waals surface area contributed by atoms with Crippen molar-refractivity contribution in [2.24, 2.45) is 0 Å². The lowest BCUT2D eigenvalue weighted by Gasteiger charge is -2.22. The van der Waals surface area contributed by atoms with Crippen LogP contribution in [-0.2, 0) is 14.8 Å². The molecule has 1 fully saturated rings. The maximum atomic E-state index is 13.1. The molecule has 0 saturated carbocycles. The number of sulfonamides is 1. The first-order valence-corrected chi connectivity index (χ1v) is 10.9. The average molecular weight is 434 g/mol. The van der Waals surface area contributed by atoms with E-state index in [0.717, 1.165) is 0 Å². The predicted octanol–water partition coefficient (Wildman–Crippen LogP) is 2.46. The minimum absolute atomic E-state index is 0.0889. The average Bonchev–Trinajstić information content (AvgIpc) is 3.00. The number of esters is 1. The Morgan fingerprint density at radius 2 is 1.70 bits per heavy atom. The van der Waals surface area contributed by atoms with Gasteiger partial charge in [-0.15, -0.1) is 0 Å². The Morgan fingerprint density at radius 3 is 2.33 bits per heavy atom. The van der Waals surface area contributed by atoms with Crippen molar-refractivity contribution < 1.29 is 27.1 Å². The molecule has 2 aromatic carbocycles. The zero-order chi connectivity index (χ0) is 21.9. The highest BCUT2D eigenvalue weighted by Gasteiger charge is 2.29. The van der Waals surface area contributed by atoms with Crippen molar-refractivity contribution in [2.75, 3.05) is 33.3 Å². The number of ether oxygens (including phenoxy) is 1. The van der Waals surface area contributed by atoms with Crippen LogP contribution in [0.25, 0.3) is 0 Å². The van der Waals surface area contributed by atoms with Gasteiger partial charge in [0.25, 0.3) is 5.91 Å². The van der Waals surface area contributed by atoms with E-state index >= 15 is 0 Å². The van der Waals surface area contributed by atoms with E-state index in [0.29, 0.717) is 29.7 Å². The van der Waals surface area contributed by atoms with Crippen LogP contribution in [0.4, 0.5) is 4.39 Å². The first-order valence-electron chi connectivity index (χ1n) is 9.48. The van der Waals surface area contributed by atoms with E-state index in [1.54, 1.807) is 11.8 Å². The van der Waals surface area contributed by atoms with E-state index in [1.807, 2.05) is 0 Å². The molecule has 160 valence electrons. The molecule has 7 nitrogen and oxygen atoms in total. The molecule has 1 amide bonds. The zero-order valence-electron chi connectivity index (χ0n) is 16.8. The predicted molar refractivity (Wildman–Crippen MR) is 108 cm³/mol. The van der Waals surface area contributed by atoms with Gasteiger partial charge in [-0.05, 0) is 61.4 Å². The van der Waals surface area contributed by atoms with Crippen molar-refractivity contribution in [3.8, 4) is 0 Å². The number of rotatable bonds is 4. The lowest BCUT2D eigenvalue weighted by Crippen LogP contribution is -2.37. The van der Waals surface area contributed by atoms with Crippen LogP contribution in [-0.4, -0.2) is 62.8 Å². The quantitative estimate of drug-likeness (QED) is 0.691. The minimum Gasteiger partial charge on any atom is -0.465 e. The van der Waals surface area contributed by atoms with Crippen molar-refractivity contribution in [3.05, 3.63) is 65.0 Å². The van der Waals surface area contributed by atoms with Crippen molar-refractivity contribution in [1.82, 2.24) is 9.21 Å². The molecule has 0 unspecified atom stereocenters. The van der Waals surface area contributed by atoms with E-state index in [-0.39, 0.29) is 30.4 Å². The van der Waals surface area contributed by atoms with Crippen LogP contribution in [0.2, 0.25) is 0 Å². The summed E-state index contributed by atoms with van der Waals surface area (Å²) in [7, 11) is -2.52. The largest absolute Gasteiger partial charge is 0.465 e. The van der Waals surface area contributed by atoms with Crippen LogP contribution in [0.3, 0.4) is 0 Å². The Hall–Kier alpha value is -2.78. The fraction of sp³-hybridized carbons (Fsp3) is 0.333. The molecular formula is C21H23FN2O5S. The van der Waals surface area contributed by atoms with Gasteiger partial charge < -0.3 is 9.64 Å². The molecule has 1 heterocycles. The third-order valence-corrected chi connectivity index (χ3v) is 6.97. The first-order chi connectivity index (χ1) is 14.2. The van der Waals surface area contributed by atoms with Crippen LogP contribution < -0.4 is 0 Å². The van der Waals surface area contributed by atoms with E-state index in [2.05, 4.69) is 0 Å². The van der Waals surface area contributed by atoms with Gasteiger partial charge in [0, 0.05) is 31.7 Å². The van der Waals surface area contributed by atoms with Crippen molar-refractivity contribution in [3.63, 3.8) is 0 Å². The van der Waals surface area contributed by atoms with Crippen LogP contribution in [0.15, 0.2) is 47.4 Å². The molecule has 0 spiro atoms. The molecule has 30 heavy (non-hydrogen) atoms. The molecule has 0 radical (unpaired) electrons. The summed E-state index contributed by atoms with van der Waals surface area (Å²) in [6.07, 6.45) is 0.478. The fourth-order valence-corrected chi connectivity index (χ4v) is 4.95. The standard InChI is InChI=1S/C21H23FN2O5S/c1-15-14-18(8-9-19(15)21(26)29-2)30(27,28)24-11-3-10-23(12-13-24)20(25)16-4-6-17(22)7-5-16/h4-9,14H,3,10-13H2,1-2H3. The Kier molecular flexibility index (Phi) is 6.52. The molecule has 0 atom stereocenters. The minimum atomic E-state index is -3.78. The maximum absolute atomic E-state index is 13.1. The Morgan fingerprint density at radius 1 is 1.00 bits per heavy atom. The number of aryl methyl sites for hydroxylation is 1. The van der Waals surface area contributed by atoms with Crippen molar-refractivity contribution in [1.29, 1.82) is 0 Å². The number of amides is 1. The van der Waals surface area contributed by atoms with E-state index in [9.17, 15) is 22.4 Å². The second-order valence-electron chi connectivity index (χ2n) is 7.03. The fourth-order valence-electron chi connectivity index (χ4n) is 3.40. The molecule has 2 aromatic rings. The molecule has 1 saturated heterocycles. The van der Waals surface area contributed by atoms with Gasteiger partial charge in [-0.25, -0.2) is 17.6 Å². The van der Waals surface area contributed by atoms with Crippen LogP contribution >= 0.6 is 0 Å². The summed E-state index contributed by atoms with van der Waals surface area (Å²) < 4.78 is 45.3. The molecule has 0 aromatic heterocycles. The summed E-state index contributed by atoms with van der Waals surface area (Å²) >= 11 is 0. The van der Waals surface area contributed by atoms with Gasteiger partial charge in [0.15, 0.2) is 0 Å². The summed E-state index contributed by atoms with van der Waals surface area (Å²) in [5, 5.41) is 0. The highest BCUT2D eigenvalue weighted by molar-refractivity contribution is 7.89. The molecule has 0 N–H and O–H groups in total. The highest BCUT2D eigenvalue weighted by atomic mass is 32.2. The van der Waals surface area contributed by atoms with Gasteiger partial charge in [-0.1, -0.05) is 0 Å². The zero-order valence-corrected chi connectivity index (χ0v) is 17.6. The Labute approximate surface area is 175 Å². The molecule has 0 bridgehead atoms. The number of carbonyl (C=O) groups is 2. The summed E-state index contributed by atoms with van der Waals surface area (Å²) in [4.78, 5) is 26.1. The van der Waals surface area contributed by atoms with Gasteiger partial charge in [-0.3, -0.25) is 4.79 Å². The lowest BCUT2D eigenvalue weighted by molar-refractivity contribution is 0.0599. The number of carbonyl (C=O) groups excluding carboxylic acids is 2. The van der Waals surface area contributed by atoms with Gasteiger partial charge >= 0.3 is 5.97 Å². The number of hydrogen-bond donors (Lipinski definition) is 0. The number of methoxy groups -OCH3 is 1. The van der Waals surface area contributed by atoms with Gasteiger partial charge in [-0.2, -0.15) is 4.31 Å². The Bertz CT molecular complexity index is 1050. The summed E-state index contributed by atoms with van der Waals surface area (Å²) in [5.41, 5.74) is 1.18. The third kappa shape index (κ3) is 4.52. The Balaban J connectivity index is 1.75. The smallest absolute Gasteiger partial charge is 0.338 e. The number of nitrogens with zero attached hydrogens (tertiary/aromatic N) is 2. The maximum Gasteiger partial charge on any atom is 0.338 e. The molecule has 0 aliphatic carbocycles. The third-order valence-electron chi connectivity index (χ3n) is 5.07. The van der Waals surface area contributed by atoms with Crippen LogP contribution in [0.1, 0.15) is 32.7 Å². The van der Waals surface area contributed by atoms with E-state index < -0.39 is 21.8 Å². The molecule has 1 aliphatic heterocycles. The van der Waals surface area contributed by atoms with Gasteiger partial charge in [0.05, 0.1) is 17.6 Å². The first kappa shape index (κ1) is 21.9. The second kappa shape index (κ2) is 8.93. The summed E-state index contributed by atoms with van der Waals surface area (Å²) in [6, 6.07) is 9.57. The molecular weight excluding hydrogens is 411 g/mol. The summed E-state index contributed by atoms with van der Waals surface area (Å²) in [5.74, 6) is -1.21. The van der Waals surface area contributed by atoms with Gasteiger partial charge in [0.1, 0.15) is 5.82 Å². The topological polar surface area (TPSA) is 84.0 Å². The molecule has 9 heteroatoms. The van der Waals surface area contributed by atoms with Gasteiger partial charge in [0.2, 0.25) is 10.0 Å².